The number of nitrogens with one attached hydrogen (secondary N) is 2. The van der Waals surface area contributed by atoms with Crippen molar-refractivity contribution in [1.82, 2.24) is 9.97 Å². The van der Waals surface area contributed by atoms with Crippen molar-refractivity contribution in [2.45, 2.75) is 52.4 Å². The van der Waals surface area contributed by atoms with E-state index in [4.69, 9.17) is 0 Å². The van der Waals surface area contributed by atoms with Crippen LogP contribution in [0.4, 0.5) is 5.95 Å². The van der Waals surface area contributed by atoms with Crippen molar-refractivity contribution in [3.8, 4) is 0 Å². The van der Waals surface area contributed by atoms with Gasteiger partial charge in [0.25, 0.3) is 5.56 Å². The smallest absolute Gasteiger partial charge is 0.252 e. The third-order valence-electron chi connectivity index (χ3n) is 2.68. The van der Waals surface area contributed by atoms with E-state index in [2.05, 4.69) is 22.2 Å². The van der Waals surface area contributed by atoms with Crippen molar-refractivity contribution in [3.63, 3.8) is 0 Å². The quantitative estimate of drug-likeness (QED) is 0.717. The van der Waals surface area contributed by atoms with Gasteiger partial charge in [0.1, 0.15) is 0 Å². The summed E-state index contributed by atoms with van der Waals surface area (Å²) in [5, 5.41) is 3.17. The zero-order valence-corrected chi connectivity index (χ0v) is 11.0. The fourth-order valence-electron chi connectivity index (χ4n) is 1.61. The van der Waals surface area contributed by atoms with Gasteiger partial charge in [-0.2, -0.15) is 0 Å². The summed E-state index contributed by atoms with van der Waals surface area (Å²) in [5.41, 5.74) is 0.754. The van der Waals surface area contributed by atoms with Crippen LogP contribution in [0.1, 0.15) is 58.1 Å². The average Bonchev–Trinajstić information content (AvgIpc) is 2.28. The summed E-state index contributed by atoms with van der Waals surface area (Å²) in [6.45, 7) is 7.13. The van der Waals surface area contributed by atoms with E-state index < -0.39 is 0 Å². The van der Waals surface area contributed by atoms with Gasteiger partial charge in [0.15, 0.2) is 0 Å². The Labute approximate surface area is 103 Å². The highest BCUT2D eigenvalue weighted by atomic mass is 16.1. The summed E-state index contributed by atoms with van der Waals surface area (Å²) in [5.74, 6) is 0.871. The van der Waals surface area contributed by atoms with Gasteiger partial charge in [-0.05, 0) is 12.3 Å². The molecule has 0 amide bonds. The molecule has 4 heteroatoms. The molecule has 0 aromatic carbocycles. The van der Waals surface area contributed by atoms with Crippen LogP contribution in [0.5, 0.6) is 0 Å². The summed E-state index contributed by atoms with van der Waals surface area (Å²) in [6, 6.07) is 1.56. The molecule has 2 N–H and O–H groups in total. The lowest BCUT2D eigenvalue weighted by Crippen LogP contribution is -2.15. The van der Waals surface area contributed by atoms with Gasteiger partial charge >= 0.3 is 0 Å². The van der Waals surface area contributed by atoms with Crippen LogP contribution in [-0.4, -0.2) is 16.5 Å². The molecule has 0 saturated carbocycles. The van der Waals surface area contributed by atoms with E-state index in [-0.39, 0.29) is 11.5 Å². The van der Waals surface area contributed by atoms with E-state index in [1.807, 2.05) is 13.8 Å². The molecular weight excluding hydrogens is 214 g/mol. The molecule has 1 aromatic heterocycles. The Bertz CT molecular complexity index is 384. The van der Waals surface area contributed by atoms with Crippen molar-refractivity contribution < 1.29 is 0 Å². The minimum atomic E-state index is -0.0836. The maximum absolute atomic E-state index is 11.4. The number of nitrogens with zero attached hydrogens (tertiary/aromatic N) is 1. The van der Waals surface area contributed by atoms with Crippen LogP contribution in [0.15, 0.2) is 10.9 Å². The summed E-state index contributed by atoms with van der Waals surface area (Å²) < 4.78 is 0. The Morgan fingerprint density at radius 2 is 2.12 bits per heavy atom. The zero-order chi connectivity index (χ0) is 12.7. The highest BCUT2D eigenvalue weighted by molar-refractivity contribution is 5.25. The van der Waals surface area contributed by atoms with Crippen molar-refractivity contribution in [1.29, 1.82) is 0 Å². The van der Waals surface area contributed by atoms with Gasteiger partial charge in [-0.3, -0.25) is 9.78 Å². The maximum Gasteiger partial charge on any atom is 0.252 e. The molecule has 96 valence electrons. The summed E-state index contributed by atoms with van der Waals surface area (Å²) in [7, 11) is 0. The molecule has 1 aromatic rings. The van der Waals surface area contributed by atoms with Gasteiger partial charge in [0, 0.05) is 12.6 Å². The molecule has 1 rings (SSSR count). The number of unbranched alkanes of at least 4 members (excludes halogenated alkanes) is 3. The second-order valence-electron chi connectivity index (χ2n) is 4.66. The first kappa shape index (κ1) is 13.7. The lowest BCUT2D eigenvalue weighted by Gasteiger charge is -2.08. The number of anilines is 1. The standard InChI is InChI=1S/C13H23N3O/c1-4-5-6-7-8-14-13-15-11(10(2)3)9-12(17)16-13/h9-10H,4-8H2,1-3H3,(H2,14,15,16,17). The van der Waals surface area contributed by atoms with Crippen molar-refractivity contribution in [2.75, 3.05) is 11.9 Å². The first-order chi connectivity index (χ1) is 8.13. The number of aromatic amines is 1. The molecule has 0 bridgehead atoms. The molecule has 0 spiro atoms. The molecule has 0 saturated heterocycles. The number of aromatic nitrogens is 2. The summed E-state index contributed by atoms with van der Waals surface area (Å²) in [4.78, 5) is 18.5. The molecule has 0 unspecified atom stereocenters. The third-order valence-corrected chi connectivity index (χ3v) is 2.68. The average molecular weight is 237 g/mol. The molecule has 17 heavy (non-hydrogen) atoms. The Hall–Kier alpha value is -1.32. The molecule has 0 atom stereocenters. The Kier molecular flexibility index (Phi) is 5.73. The van der Waals surface area contributed by atoms with E-state index in [1.54, 1.807) is 6.07 Å². The van der Waals surface area contributed by atoms with Crippen LogP contribution in [-0.2, 0) is 0 Å². The predicted molar refractivity (Wildman–Crippen MR) is 71.6 cm³/mol. The highest BCUT2D eigenvalue weighted by Crippen LogP contribution is 2.10. The highest BCUT2D eigenvalue weighted by Gasteiger charge is 2.04. The van der Waals surface area contributed by atoms with E-state index in [1.165, 1.54) is 19.3 Å². The zero-order valence-electron chi connectivity index (χ0n) is 11.0. The summed E-state index contributed by atoms with van der Waals surface area (Å²) >= 11 is 0. The fourth-order valence-corrected chi connectivity index (χ4v) is 1.61. The lowest BCUT2D eigenvalue weighted by molar-refractivity contribution is 0.682. The molecular formula is C13H23N3O. The summed E-state index contributed by atoms with van der Waals surface area (Å²) in [6.07, 6.45) is 4.83. The van der Waals surface area contributed by atoms with E-state index in [0.29, 0.717) is 5.95 Å². The number of rotatable bonds is 7. The van der Waals surface area contributed by atoms with Crippen LogP contribution in [0.2, 0.25) is 0 Å². The largest absolute Gasteiger partial charge is 0.356 e. The monoisotopic (exact) mass is 237 g/mol. The van der Waals surface area contributed by atoms with E-state index in [9.17, 15) is 4.79 Å². The first-order valence-electron chi connectivity index (χ1n) is 6.48. The van der Waals surface area contributed by atoms with Gasteiger partial charge in [-0.15, -0.1) is 0 Å². The molecule has 0 aliphatic carbocycles. The second-order valence-corrected chi connectivity index (χ2v) is 4.66. The van der Waals surface area contributed by atoms with Crippen LogP contribution in [0, 0.1) is 0 Å². The normalized spacial score (nSPS) is 10.8. The Morgan fingerprint density at radius 1 is 1.35 bits per heavy atom. The van der Waals surface area contributed by atoms with Crippen molar-refractivity contribution in [2.24, 2.45) is 0 Å². The van der Waals surface area contributed by atoms with E-state index >= 15 is 0 Å². The van der Waals surface area contributed by atoms with Crippen LogP contribution < -0.4 is 10.9 Å². The van der Waals surface area contributed by atoms with Crippen LogP contribution in [0.25, 0.3) is 0 Å². The second kappa shape index (κ2) is 7.09. The SMILES string of the molecule is CCCCCCNc1nc(C(C)C)cc(=O)[nH]1. The molecule has 0 fully saturated rings. The Morgan fingerprint density at radius 3 is 2.76 bits per heavy atom. The fraction of sp³-hybridized carbons (Fsp3) is 0.692. The van der Waals surface area contributed by atoms with E-state index in [0.717, 1.165) is 18.7 Å². The van der Waals surface area contributed by atoms with Crippen molar-refractivity contribution in [3.05, 3.63) is 22.1 Å². The van der Waals surface area contributed by atoms with Gasteiger partial charge in [-0.1, -0.05) is 40.0 Å². The number of H-pyrrole nitrogens is 1. The van der Waals surface area contributed by atoms with Gasteiger partial charge in [0.2, 0.25) is 5.95 Å². The lowest BCUT2D eigenvalue weighted by atomic mass is 10.1. The minimum absolute atomic E-state index is 0.0836. The third kappa shape index (κ3) is 5.02. The van der Waals surface area contributed by atoms with Gasteiger partial charge in [0.05, 0.1) is 5.69 Å². The van der Waals surface area contributed by atoms with Crippen molar-refractivity contribution >= 4 is 5.95 Å². The van der Waals surface area contributed by atoms with Crippen LogP contribution in [0.3, 0.4) is 0 Å². The molecule has 4 nitrogen and oxygen atoms in total. The molecule has 1 heterocycles. The Balaban J connectivity index is 2.50. The first-order valence-corrected chi connectivity index (χ1v) is 6.48. The number of hydrogen-bond donors (Lipinski definition) is 2. The van der Waals surface area contributed by atoms with Gasteiger partial charge in [-0.25, -0.2) is 4.98 Å². The molecule has 0 radical (unpaired) electrons. The predicted octanol–water partition coefficient (Wildman–Crippen LogP) is 2.89. The topological polar surface area (TPSA) is 57.8 Å². The van der Waals surface area contributed by atoms with Gasteiger partial charge < -0.3 is 5.32 Å². The number of hydrogen-bond acceptors (Lipinski definition) is 3. The van der Waals surface area contributed by atoms with Crippen LogP contribution >= 0.6 is 0 Å². The molecule has 0 aliphatic heterocycles. The maximum atomic E-state index is 11.4. The molecule has 0 aliphatic rings. The minimum Gasteiger partial charge on any atom is -0.356 e.